The van der Waals surface area contributed by atoms with Gasteiger partial charge in [-0.25, -0.2) is 0 Å². The average Bonchev–Trinajstić information content (AvgIpc) is 3.43. The minimum absolute atomic E-state index is 0.0156. The largest absolute Gasteiger partial charge is 0.378 e. The van der Waals surface area contributed by atoms with E-state index in [4.69, 9.17) is 4.74 Å². The highest BCUT2D eigenvalue weighted by Gasteiger charge is 2.36. The van der Waals surface area contributed by atoms with Gasteiger partial charge in [0, 0.05) is 37.3 Å². The Morgan fingerprint density at radius 3 is 2.14 bits per heavy atom. The van der Waals surface area contributed by atoms with Crippen molar-refractivity contribution in [3.8, 4) is 0 Å². The van der Waals surface area contributed by atoms with Crippen LogP contribution in [0.4, 0.5) is 11.4 Å². The molecule has 2 saturated carbocycles. The van der Waals surface area contributed by atoms with Crippen LogP contribution in [-0.4, -0.2) is 54.1 Å². The molecule has 152 valence electrons. The lowest BCUT2D eigenvalue weighted by Crippen LogP contribution is -2.46. The second kappa shape index (κ2) is 8.47. The first-order valence-corrected chi connectivity index (χ1v) is 10.6. The van der Waals surface area contributed by atoms with Crippen LogP contribution in [-0.2, 0) is 4.74 Å². The van der Waals surface area contributed by atoms with E-state index in [1.54, 1.807) is 6.07 Å². The van der Waals surface area contributed by atoms with E-state index in [9.17, 15) is 14.9 Å². The summed E-state index contributed by atoms with van der Waals surface area (Å²) in [6.07, 6.45) is 8.82. The van der Waals surface area contributed by atoms with Crippen molar-refractivity contribution in [2.24, 2.45) is 0 Å². The summed E-state index contributed by atoms with van der Waals surface area (Å²) in [6.45, 7) is 2.62. The molecule has 0 atom stereocenters. The van der Waals surface area contributed by atoms with Gasteiger partial charge in [0.1, 0.15) is 0 Å². The fourth-order valence-electron chi connectivity index (χ4n) is 5.02. The Balaban J connectivity index is 1.71. The smallest absolute Gasteiger partial charge is 0.270 e. The summed E-state index contributed by atoms with van der Waals surface area (Å²) in [4.78, 5) is 29.0. The number of ether oxygens (including phenoxy) is 1. The van der Waals surface area contributed by atoms with Crippen LogP contribution in [0.15, 0.2) is 18.2 Å². The Hall–Kier alpha value is -2.15. The summed E-state index contributed by atoms with van der Waals surface area (Å²) in [6, 6.07) is 5.29. The summed E-state index contributed by atoms with van der Waals surface area (Å²) >= 11 is 0. The van der Waals surface area contributed by atoms with Gasteiger partial charge in [-0.15, -0.1) is 0 Å². The normalized spacial score (nSPS) is 21.2. The van der Waals surface area contributed by atoms with E-state index in [0.29, 0.717) is 31.9 Å². The van der Waals surface area contributed by atoms with Gasteiger partial charge in [-0.2, -0.15) is 0 Å². The lowest BCUT2D eigenvalue weighted by atomic mass is 10.0. The number of nitrogens with zero attached hydrogens (tertiary/aromatic N) is 3. The van der Waals surface area contributed by atoms with Crippen molar-refractivity contribution in [1.29, 1.82) is 0 Å². The molecule has 2 aliphatic carbocycles. The highest BCUT2D eigenvalue weighted by atomic mass is 16.6. The molecule has 0 aromatic heterocycles. The summed E-state index contributed by atoms with van der Waals surface area (Å²) in [5, 5.41) is 11.4. The molecule has 1 aromatic rings. The first kappa shape index (κ1) is 19.2. The molecular formula is C21H29N3O4. The van der Waals surface area contributed by atoms with Gasteiger partial charge in [-0.1, -0.05) is 25.7 Å². The number of benzene rings is 1. The molecule has 1 saturated heterocycles. The molecule has 4 rings (SSSR count). The highest BCUT2D eigenvalue weighted by Crippen LogP contribution is 2.35. The second-order valence-electron chi connectivity index (χ2n) is 8.15. The minimum Gasteiger partial charge on any atom is -0.378 e. The Morgan fingerprint density at radius 1 is 1.04 bits per heavy atom. The number of hydrogen-bond acceptors (Lipinski definition) is 5. The summed E-state index contributed by atoms with van der Waals surface area (Å²) in [5.41, 5.74) is 1.27. The van der Waals surface area contributed by atoms with E-state index >= 15 is 0 Å². The standard InChI is InChI=1S/C21H29N3O4/c25-21(23(16-5-1-2-6-16)17-7-3-4-8-17)19-15-18(24(26)27)9-10-20(19)22-11-13-28-14-12-22/h9-10,15-17H,1-8,11-14H2. The zero-order chi connectivity index (χ0) is 19.5. The molecule has 3 fully saturated rings. The third-order valence-electron chi connectivity index (χ3n) is 6.44. The van der Waals surface area contributed by atoms with Gasteiger partial charge in [-0.3, -0.25) is 14.9 Å². The molecule has 7 nitrogen and oxygen atoms in total. The van der Waals surface area contributed by atoms with Gasteiger partial charge in [0.2, 0.25) is 0 Å². The number of carbonyl (C=O) groups is 1. The number of nitro benzene ring substituents is 1. The number of rotatable bonds is 5. The van der Waals surface area contributed by atoms with E-state index in [0.717, 1.165) is 57.1 Å². The Bertz CT molecular complexity index is 704. The van der Waals surface area contributed by atoms with Crippen LogP contribution in [0.1, 0.15) is 61.7 Å². The van der Waals surface area contributed by atoms with Crippen molar-refractivity contribution in [3.63, 3.8) is 0 Å². The van der Waals surface area contributed by atoms with Gasteiger partial charge in [0.05, 0.1) is 29.4 Å². The van der Waals surface area contributed by atoms with Crippen molar-refractivity contribution < 1.29 is 14.5 Å². The molecule has 0 bridgehead atoms. The number of nitro groups is 1. The van der Waals surface area contributed by atoms with Crippen molar-refractivity contribution >= 4 is 17.3 Å². The van der Waals surface area contributed by atoms with Gasteiger partial charge in [0.25, 0.3) is 11.6 Å². The first-order chi connectivity index (χ1) is 13.6. The molecule has 7 heteroatoms. The van der Waals surface area contributed by atoms with Crippen LogP contribution in [0, 0.1) is 10.1 Å². The number of non-ortho nitro benzene ring substituents is 1. The van der Waals surface area contributed by atoms with Crippen LogP contribution in [0.2, 0.25) is 0 Å². The zero-order valence-electron chi connectivity index (χ0n) is 16.3. The number of amides is 1. The monoisotopic (exact) mass is 387 g/mol. The third-order valence-corrected chi connectivity index (χ3v) is 6.44. The number of carbonyl (C=O) groups excluding carboxylic acids is 1. The first-order valence-electron chi connectivity index (χ1n) is 10.6. The van der Waals surface area contributed by atoms with Gasteiger partial charge in [-0.05, 0) is 31.7 Å². The molecule has 0 spiro atoms. The van der Waals surface area contributed by atoms with E-state index in [2.05, 4.69) is 9.80 Å². The van der Waals surface area contributed by atoms with Crippen LogP contribution in [0.25, 0.3) is 0 Å². The van der Waals surface area contributed by atoms with Crippen molar-refractivity contribution in [2.75, 3.05) is 31.2 Å². The number of anilines is 1. The molecule has 0 unspecified atom stereocenters. The Labute approximate surface area is 165 Å². The Morgan fingerprint density at radius 2 is 1.61 bits per heavy atom. The van der Waals surface area contributed by atoms with Gasteiger partial charge < -0.3 is 14.5 Å². The maximum atomic E-state index is 13.8. The molecule has 28 heavy (non-hydrogen) atoms. The van der Waals surface area contributed by atoms with Crippen molar-refractivity contribution in [2.45, 2.75) is 63.5 Å². The van der Waals surface area contributed by atoms with E-state index in [1.165, 1.54) is 12.1 Å². The molecule has 1 aromatic carbocycles. The maximum absolute atomic E-state index is 13.8. The molecule has 1 heterocycles. The minimum atomic E-state index is -0.407. The maximum Gasteiger partial charge on any atom is 0.270 e. The van der Waals surface area contributed by atoms with Gasteiger partial charge >= 0.3 is 0 Å². The van der Waals surface area contributed by atoms with Crippen molar-refractivity contribution in [1.82, 2.24) is 4.90 Å². The van der Waals surface area contributed by atoms with Crippen LogP contribution < -0.4 is 4.90 Å². The quantitative estimate of drug-likeness (QED) is 0.568. The van der Waals surface area contributed by atoms with Crippen molar-refractivity contribution in [3.05, 3.63) is 33.9 Å². The number of hydrogen-bond donors (Lipinski definition) is 0. The SMILES string of the molecule is O=C(c1cc([N+](=O)[O-])ccc1N1CCOCC1)N(C1CCCC1)C1CCCC1. The fraction of sp³-hybridized carbons (Fsp3) is 0.667. The molecule has 0 N–H and O–H groups in total. The summed E-state index contributed by atoms with van der Waals surface area (Å²) in [5.74, 6) is -0.0241. The zero-order valence-corrected chi connectivity index (χ0v) is 16.3. The van der Waals surface area contributed by atoms with Crippen LogP contribution in [0.5, 0.6) is 0 Å². The summed E-state index contributed by atoms with van der Waals surface area (Å²) in [7, 11) is 0. The summed E-state index contributed by atoms with van der Waals surface area (Å²) < 4.78 is 5.45. The third kappa shape index (κ3) is 3.85. The average molecular weight is 387 g/mol. The second-order valence-corrected chi connectivity index (χ2v) is 8.15. The topological polar surface area (TPSA) is 75.9 Å². The lowest BCUT2D eigenvalue weighted by Gasteiger charge is -2.36. The molecule has 1 amide bonds. The van der Waals surface area contributed by atoms with Crippen LogP contribution >= 0.6 is 0 Å². The fourth-order valence-corrected chi connectivity index (χ4v) is 5.02. The lowest BCUT2D eigenvalue weighted by molar-refractivity contribution is -0.384. The predicted octanol–water partition coefficient (Wildman–Crippen LogP) is 3.76. The van der Waals surface area contributed by atoms with Crippen LogP contribution in [0.3, 0.4) is 0 Å². The Kier molecular flexibility index (Phi) is 5.80. The molecule has 1 aliphatic heterocycles. The molecule has 0 radical (unpaired) electrons. The van der Waals surface area contributed by atoms with E-state index in [-0.39, 0.29) is 23.7 Å². The van der Waals surface area contributed by atoms with Gasteiger partial charge in [0.15, 0.2) is 0 Å². The predicted molar refractivity (Wildman–Crippen MR) is 107 cm³/mol. The van der Waals surface area contributed by atoms with E-state index < -0.39 is 4.92 Å². The number of morpholine rings is 1. The highest BCUT2D eigenvalue weighted by molar-refractivity contribution is 6.01. The molecular weight excluding hydrogens is 358 g/mol. The van der Waals surface area contributed by atoms with E-state index in [1.807, 2.05) is 0 Å². The molecule has 3 aliphatic rings.